The highest BCUT2D eigenvalue weighted by Gasteiger charge is 2.60. The van der Waals surface area contributed by atoms with E-state index in [0.717, 1.165) is 108 Å². The number of nitrogens with one attached hydrogen (secondary N) is 1. The number of rotatable bonds is 28. The van der Waals surface area contributed by atoms with Gasteiger partial charge in [-0.25, -0.2) is 4.58 Å². The van der Waals surface area contributed by atoms with E-state index in [9.17, 15) is 19.8 Å². The van der Waals surface area contributed by atoms with Gasteiger partial charge in [-0.2, -0.15) is 0 Å². The van der Waals surface area contributed by atoms with Gasteiger partial charge in [0.05, 0.1) is 24.0 Å². The number of ether oxygens (including phenoxy) is 2. The summed E-state index contributed by atoms with van der Waals surface area (Å²) in [5.74, 6) is 5.77. The molecule has 4 saturated carbocycles. The first kappa shape index (κ1) is 65.2. The number of hydrogen-bond donors (Lipinski definition) is 3. The van der Waals surface area contributed by atoms with E-state index in [1.165, 1.54) is 132 Å². The summed E-state index contributed by atoms with van der Waals surface area (Å²) in [5, 5.41) is 24.1. The predicted molar refractivity (Wildman–Crippen MR) is 336 cm³/mol. The Balaban J connectivity index is 0.971. The molecule has 11 unspecified atom stereocenters. The van der Waals surface area contributed by atoms with E-state index in [4.69, 9.17) is 9.47 Å². The molecule has 5 aliphatic carbocycles. The molecule has 82 heavy (non-hydrogen) atoms. The summed E-state index contributed by atoms with van der Waals surface area (Å²) in [6, 6.07) is 1.07. The molecule has 3 aliphatic heterocycles. The van der Waals surface area contributed by atoms with Gasteiger partial charge in [0.25, 0.3) is 0 Å². The van der Waals surface area contributed by atoms with E-state index in [-0.39, 0.29) is 42.7 Å². The topological polar surface area (TPSA) is 115 Å². The highest BCUT2D eigenvalue weighted by Crippen LogP contribution is 2.60. The smallest absolute Gasteiger partial charge is 0.311 e. The first-order chi connectivity index (χ1) is 39.5. The Morgan fingerprint density at radius 1 is 0.756 bits per heavy atom. The van der Waals surface area contributed by atoms with Gasteiger partial charge in [-0.15, -0.1) is 0 Å². The predicted octanol–water partition coefficient (Wildman–Crippen LogP) is 14.8. The minimum Gasteiger partial charge on any atom is -0.465 e. The monoisotopic (exact) mass is 1140 g/mol. The average molecular weight is 1140 g/mol. The normalized spacial score (nSPS) is 31.4. The van der Waals surface area contributed by atoms with Crippen LogP contribution in [0.4, 0.5) is 0 Å². The van der Waals surface area contributed by atoms with Crippen LogP contribution in [0.15, 0.2) is 46.7 Å². The third-order valence-corrected chi connectivity index (χ3v) is 24.2. The zero-order valence-corrected chi connectivity index (χ0v) is 54.1. The van der Waals surface area contributed by atoms with Crippen molar-refractivity contribution >= 4 is 17.6 Å². The molecule has 0 spiro atoms. The lowest BCUT2D eigenvalue weighted by atomic mass is 9.57. The molecule has 2 saturated heterocycles. The van der Waals surface area contributed by atoms with Gasteiger partial charge in [-0.05, 0) is 227 Å². The number of hydrogen-bond acceptors (Lipinski definition) is 8. The number of aliphatic hydroxyl groups excluding tert-OH is 2. The van der Waals surface area contributed by atoms with Crippen LogP contribution in [0.2, 0.25) is 0 Å². The molecule has 8 rings (SSSR count). The van der Waals surface area contributed by atoms with Crippen LogP contribution in [0, 0.1) is 69.0 Å². The number of carbonyl (C=O) groups is 2. The summed E-state index contributed by atoms with van der Waals surface area (Å²) in [6.45, 7) is 26.8. The van der Waals surface area contributed by atoms with Crippen LogP contribution < -0.4 is 5.32 Å². The minimum absolute atomic E-state index is 0.0120. The molecular weight excluding hydrogens is 1020 g/mol. The van der Waals surface area contributed by atoms with Gasteiger partial charge in [-0.1, -0.05) is 105 Å². The summed E-state index contributed by atoms with van der Waals surface area (Å²) in [5.41, 5.74) is 6.52. The van der Waals surface area contributed by atoms with Crippen LogP contribution in [0.5, 0.6) is 0 Å². The van der Waals surface area contributed by atoms with Crippen molar-refractivity contribution < 1.29 is 33.9 Å². The van der Waals surface area contributed by atoms with Gasteiger partial charge in [0, 0.05) is 54.6 Å². The molecular formula is C72H121N4O6+. The van der Waals surface area contributed by atoms with Crippen molar-refractivity contribution in [2.45, 2.75) is 254 Å². The maximum atomic E-state index is 13.9. The molecule has 0 aromatic rings. The van der Waals surface area contributed by atoms with E-state index < -0.39 is 10.8 Å². The van der Waals surface area contributed by atoms with Crippen molar-refractivity contribution in [1.82, 2.24) is 15.1 Å². The standard InChI is InChI=1S/C72H120N4O6/c1-11-14-50-82-68(80)72(9,42-41-71(8,13-3)67(79)73-51-81-10)40-37-52(12-2)53-38-44-74(45-39-53)43-20-19-26-58-54(31-35-63-69(4,5)65-59-27-17-15-22-56(59)29-33-61(65)75(63)46-48-77)24-21-25-55(58)32-36-64-70(6,7)66-60-28-18-16-23-57(60)30-34-62(66)76(64)47-49-78/h31-32,35-36,52-53,56-57,59-62,65-66,77-78H,11-30,33-34,37-51H2,1-10H3/p+1. The fourth-order valence-electron chi connectivity index (χ4n) is 19.2. The second kappa shape index (κ2) is 29.7. The number of likely N-dealkylation sites (tertiary alicyclic amines) is 2. The third-order valence-electron chi connectivity index (χ3n) is 24.2. The summed E-state index contributed by atoms with van der Waals surface area (Å²) in [4.78, 5) is 32.7. The number of esters is 1. The molecule has 10 nitrogen and oxygen atoms in total. The van der Waals surface area contributed by atoms with E-state index in [1.807, 2.05) is 6.92 Å². The van der Waals surface area contributed by atoms with E-state index in [2.05, 4.69) is 99.4 Å². The van der Waals surface area contributed by atoms with Gasteiger partial charge in [-0.3, -0.25) is 9.59 Å². The molecule has 6 fully saturated rings. The second-order valence-electron chi connectivity index (χ2n) is 29.6. The van der Waals surface area contributed by atoms with Crippen molar-refractivity contribution in [3.8, 4) is 0 Å². The number of carbonyl (C=O) groups excluding carboxylic acids is 2. The zero-order chi connectivity index (χ0) is 58.7. The lowest BCUT2D eigenvalue weighted by molar-refractivity contribution is -0.570. The fourth-order valence-corrected chi connectivity index (χ4v) is 19.2. The van der Waals surface area contributed by atoms with Gasteiger partial charge >= 0.3 is 5.97 Å². The van der Waals surface area contributed by atoms with E-state index in [1.54, 1.807) is 12.7 Å². The van der Waals surface area contributed by atoms with Crippen LogP contribution in [0.25, 0.3) is 0 Å². The Hall–Kier alpha value is -2.79. The van der Waals surface area contributed by atoms with Crippen LogP contribution in [0.3, 0.4) is 0 Å². The summed E-state index contributed by atoms with van der Waals surface area (Å²) < 4.78 is 13.8. The van der Waals surface area contributed by atoms with Crippen molar-refractivity contribution in [2.75, 3.05) is 66.4 Å². The first-order valence-corrected chi connectivity index (χ1v) is 34.6. The largest absolute Gasteiger partial charge is 0.465 e. The number of allylic oxidation sites excluding steroid dienone is 8. The number of unbranched alkanes of at least 4 members (excludes halogenated alkanes) is 2. The summed E-state index contributed by atoms with van der Waals surface area (Å²) >= 11 is 0. The Bertz CT molecular complexity index is 2250. The molecule has 464 valence electrons. The van der Waals surface area contributed by atoms with Crippen molar-refractivity contribution in [2.24, 2.45) is 69.0 Å². The maximum Gasteiger partial charge on any atom is 0.311 e. The number of fused-ring (bicyclic) bond motifs is 6. The number of methoxy groups -OCH3 is 1. The molecule has 0 radical (unpaired) electrons. The number of aliphatic hydroxyl groups is 2. The van der Waals surface area contributed by atoms with Crippen molar-refractivity contribution in [3.05, 3.63) is 46.7 Å². The van der Waals surface area contributed by atoms with E-state index >= 15 is 0 Å². The van der Waals surface area contributed by atoms with Crippen molar-refractivity contribution in [1.29, 1.82) is 0 Å². The molecule has 0 aromatic heterocycles. The highest BCUT2D eigenvalue weighted by atomic mass is 16.5. The second-order valence-corrected chi connectivity index (χ2v) is 29.6. The van der Waals surface area contributed by atoms with E-state index in [0.29, 0.717) is 61.6 Å². The molecule has 3 N–H and O–H groups in total. The van der Waals surface area contributed by atoms with Crippen molar-refractivity contribution in [3.63, 3.8) is 0 Å². The fraction of sp³-hybridized carbons (Fsp3) is 0.847. The lowest BCUT2D eigenvalue weighted by Gasteiger charge is -2.47. The number of β-amino-alcohol motifs (C(OH)–C–C–N with tert-alkyl or cyclic N) is 2. The van der Waals surface area contributed by atoms with Gasteiger partial charge < -0.3 is 34.8 Å². The maximum absolute atomic E-state index is 13.9. The van der Waals surface area contributed by atoms with Crippen LogP contribution >= 0.6 is 0 Å². The SMILES string of the molecule is CCCCOC(=O)C(C)(CCC(CC)C1CCN(CCCCC2=C(/C=C/C3=[N+](CCO)C4CCC5CCCCC5C4C3(C)C)CCC/C2=C\C=C2\N(CCO)C3CCC4CCCCC4C3C2(C)C)CC1)CCC(C)(CC)C(=O)NCOC. The quantitative estimate of drug-likeness (QED) is 0.0307. The molecule has 1 amide bonds. The minimum atomic E-state index is -0.636. The molecule has 11 atom stereocenters. The number of nitrogens with zero attached hydrogens (tertiary/aromatic N) is 3. The summed E-state index contributed by atoms with van der Waals surface area (Å²) in [7, 11) is 1.59. The molecule has 10 heteroatoms. The summed E-state index contributed by atoms with van der Waals surface area (Å²) in [6.07, 6.45) is 42.7. The lowest BCUT2D eigenvalue weighted by Crippen LogP contribution is -2.46. The number of amides is 1. The first-order valence-electron chi connectivity index (χ1n) is 34.6. The molecule has 8 aliphatic rings. The Morgan fingerprint density at radius 2 is 1.45 bits per heavy atom. The highest BCUT2D eigenvalue weighted by molar-refractivity contribution is 5.97. The Labute approximate surface area is 500 Å². The molecule has 0 bridgehead atoms. The van der Waals surface area contributed by atoms with Crippen LogP contribution in [-0.4, -0.2) is 121 Å². The van der Waals surface area contributed by atoms with Gasteiger partial charge in [0.15, 0.2) is 18.3 Å². The van der Waals surface area contributed by atoms with Crippen LogP contribution in [0.1, 0.15) is 242 Å². The Morgan fingerprint density at radius 3 is 2.12 bits per heavy atom. The third kappa shape index (κ3) is 14.6. The molecule has 0 aromatic carbocycles. The van der Waals surface area contributed by atoms with Crippen LogP contribution in [-0.2, 0) is 19.1 Å². The number of piperidine rings is 1. The zero-order valence-electron chi connectivity index (χ0n) is 54.1. The molecule has 3 heterocycles. The average Bonchev–Trinajstić information content (AvgIpc) is 2.09. The van der Waals surface area contributed by atoms with Gasteiger partial charge in [0.2, 0.25) is 5.91 Å². The Kier molecular flexibility index (Phi) is 23.6. The van der Waals surface area contributed by atoms with Gasteiger partial charge in [0.1, 0.15) is 13.3 Å².